The van der Waals surface area contributed by atoms with Crippen molar-refractivity contribution in [3.63, 3.8) is 0 Å². The molecule has 2 aliphatic heterocycles. The maximum absolute atomic E-state index is 14.2. The van der Waals surface area contributed by atoms with Crippen LogP contribution in [0.3, 0.4) is 0 Å². The van der Waals surface area contributed by atoms with Gasteiger partial charge in [-0.15, -0.1) is 0 Å². The van der Waals surface area contributed by atoms with Crippen molar-refractivity contribution in [2.45, 2.75) is 84.2 Å². The molecule has 1 aromatic carbocycles. The monoisotopic (exact) mass is 586 g/mol. The normalized spacial score (nSPS) is 24.5. The van der Waals surface area contributed by atoms with Gasteiger partial charge in [-0.3, -0.25) is 9.59 Å². The van der Waals surface area contributed by atoms with Gasteiger partial charge in [-0.25, -0.2) is 0 Å². The fraction of sp³-hybridized carbons (Fsp3) is 0.500. The molecule has 43 heavy (non-hydrogen) atoms. The number of carbonyl (C=O) groups is 2. The first-order valence-corrected chi connectivity index (χ1v) is 15.6. The zero-order valence-corrected chi connectivity index (χ0v) is 26.3. The number of benzene rings is 1. The van der Waals surface area contributed by atoms with Gasteiger partial charge in [0.1, 0.15) is 17.1 Å². The summed E-state index contributed by atoms with van der Waals surface area (Å²) in [6, 6.07) is 7.00. The van der Waals surface area contributed by atoms with Crippen LogP contribution in [0.1, 0.15) is 84.1 Å². The lowest BCUT2D eigenvalue weighted by molar-refractivity contribution is -0.117. The molecule has 230 valence electrons. The predicted molar refractivity (Wildman–Crippen MR) is 168 cm³/mol. The quantitative estimate of drug-likeness (QED) is 0.324. The van der Waals surface area contributed by atoms with Gasteiger partial charge in [0.05, 0.1) is 7.11 Å². The molecule has 0 saturated carbocycles. The van der Waals surface area contributed by atoms with Crippen LogP contribution in [-0.4, -0.2) is 47.4 Å². The highest BCUT2D eigenvalue weighted by Gasteiger charge is 2.42. The van der Waals surface area contributed by atoms with Crippen LogP contribution in [-0.2, 0) is 19.1 Å². The van der Waals surface area contributed by atoms with Gasteiger partial charge in [0.15, 0.2) is 17.4 Å². The molecule has 0 aromatic heterocycles. The standard InChI is InChI=1S/C36H46N2O5/c1-22-33(30(40)17-24-11-10-16-38(21-24)23(2)43-36(3,4)5)34(25-12-9-13-27(39)18-25)35-29(37-22)19-26(20-31(35)41)28-14-7-8-15-32(28)42-6/h8-9,12-13,15,18,24,26,34,37,39H,2,7,10-11,14,16-17,19-21H2,1,3-6H3/t24-,26?,34-/m1/s1. The number of nitrogens with one attached hydrogen (secondary N) is 1. The molecule has 0 spiro atoms. The third kappa shape index (κ3) is 6.76. The molecule has 2 heterocycles. The summed E-state index contributed by atoms with van der Waals surface area (Å²) in [5.41, 5.74) is 4.54. The van der Waals surface area contributed by atoms with Crippen LogP contribution in [0.25, 0.3) is 0 Å². The number of phenolic OH excluding ortho intramolecular Hbond substituents is 1. The van der Waals surface area contributed by atoms with Gasteiger partial charge < -0.3 is 24.8 Å². The largest absolute Gasteiger partial charge is 0.508 e. The molecular formula is C36H46N2O5. The minimum absolute atomic E-state index is 0.0378. The fourth-order valence-corrected chi connectivity index (χ4v) is 7.21. The number of dihydropyridines is 1. The molecule has 0 bridgehead atoms. The Labute approximate surface area is 256 Å². The first kappa shape index (κ1) is 30.7. The average molecular weight is 587 g/mol. The topological polar surface area (TPSA) is 88.1 Å². The van der Waals surface area contributed by atoms with E-state index >= 15 is 0 Å². The number of methoxy groups -OCH3 is 1. The average Bonchev–Trinajstić information content (AvgIpc) is 2.95. The van der Waals surface area contributed by atoms with Crippen LogP contribution < -0.4 is 5.32 Å². The van der Waals surface area contributed by atoms with Crippen molar-refractivity contribution in [1.82, 2.24) is 10.2 Å². The highest BCUT2D eigenvalue weighted by Crippen LogP contribution is 2.47. The Hall–Kier alpha value is -3.74. The Bertz CT molecular complexity index is 1420. The van der Waals surface area contributed by atoms with E-state index in [0.29, 0.717) is 42.8 Å². The van der Waals surface area contributed by atoms with Crippen molar-refractivity contribution in [3.8, 4) is 5.75 Å². The number of hydrogen-bond acceptors (Lipinski definition) is 7. The molecule has 1 unspecified atom stereocenters. The van der Waals surface area contributed by atoms with Gasteiger partial charge in [-0.05, 0) is 108 Å². The minimum atomic E-state index is -0.523. The first-order chi connectivity index (χ1) is 20.4. The Morgan fingerprint density at radius 2 is 2.02 bits per heavy atom. The molecule has 5 rings (SSSR count). The minimum Gasteiger partial charge on any atom is -0.508 e. The SMILES string of the molecule is C=C(OC(C)(C)C)N1CCC[C@H](CC(=O)C2=C(C)NC3=C(C(=O)CC(C4=C(OC)C=CCC4)C3)[C@@H]2c2cccc(O)c2)C1. The number of ketones is 2. The van der Waals surface area contributed by atoms with Crippen molar-refractivity contribution in [1.29, 1.82) is 0 Å². The maximum Gasteiger partial charge on any atom is 0.182 e. The number of hydrogen-bond donors (Lipinski definition) is 2. The van der Waals surface area contributed by atoms with Crippen molar-refractivity contribution in [2.75, 3.05) is 20.2 Å². The zero-order valence-electron chi connectivity index (χ0n) is 26.3. The second kappa shape index (κ2) is 12.5. The molecule has 3 atom stereocenters. The number of nitrogens with zero attached hydrogens (tertiary/aromatic N) is 1. The van der Waals surface area contributed by atoms with E-state index in [1.807, 2.05) is 39.8 Å². The smallest absolute Gasteiger partial charge is 0.182 e. The molecule has 0 amide bonds. The zero-order chi connectivity index (χ0) is 30.9. The number of piperidine rings is 1. The Morgan fingerprint density at radius 3 is 2.74 bits per heavy atom. The summed E-state index contributed by atoms with van der Waals surface area (Å²) in [4.78, 5) is 30.4. The maximum atomic E-state index is 14.2. The van der Waals surface area contributed by atoms with Crippen LogP contribution in [0.15, 0.2) is 82.8 Å². The highest BCUT2D eigenvalue weighted by molar-refractivity contribution is 6.06. The lowest BCUT2D eigenvalue weighted by atomic mass is 9.69. The second-order valence-electron chi connectivity index (χ2n) is 13.3. The van der Waals surface area contributed by atoms with Crippen LogP contribution in [0.2, 0.25) is 0 Å². The van der Waals surface area contributed by atoms with E-state index in [2.05, 4.69) is 22.9 Å². The van der Waals surface area contributed by atoms with Gasteiger partial charge in [0.2, 0.25) is 0 Å². The van der Waals surface area contributed by atoms with Crippen molar-refractivity contribution >= 4 is 11.6 Å². The summed E-state index contributed by atoms with van der Waals surface area (Å²) in [5.74, 6) is 1.37. The van der Waals surface area contributed by atoms with Crippen LogP contribution >= 0.6 is 0 Å². The Kier molecular flexibility index (Phi) is 8.91. The van der Waals surface area contributed by atoms with Gasteiger partial charge in [-0.2, -0.15) is 0 Å². The molecule has 1 saturated heterocycles. The summed E-state index contributed by atoms with van der Waals surface area (Å²) in [6.07, 6.45) is 9.26. The number of allylic oxidation sites excluding steroid dienone is 7. The van der Waals surface area contributed by atoms with Gasteiger partial charge in [-0.1, -0.05) is 18.2 Å². The van der Waals surface area contributed by atoms with Crippen LogP contribution in [0, 0.1) is 11.8 Å². The fourth-order valence-electron chi connectivity index (χ4n) is 7.21. The summed E-state index contributed by atoms with van der Waals surface area (Å²) in [7, 11) is 1.68. The number of carbonyl (C=O) groups excluding carboxylic acids is 2. The van der Waals surface area contributed by atoms with E-state index in [0.717, 1.165) is 54.9 Å². The molecule has 0 radical (unpaired) electrons. The summed E-state index contributed by atoms with van der Waals surface area (Å²) in [6.45, 7) is 13.7. The number of ether oxygens (including phenoxy) is 2. The number of phenols is 1. The third-order valence-corrected chi connectivity index (χ3v) is 8.98. The molecule has 2 aliphatic carbocycles. The molecular weight excluding hydrogens is 540 g/mol. The van der Waals surface area contributed by atoms with Gasteiger partial charge in [0, 0.05) is 54.4 Å². The van der Waals surface area contributed by atoms with Crippen molar-refractivity contribution < 1.29 is 24.2 Å². The van der Waals surface area contributed by atoms with E-state index in [1.54, 1.807) is 25.3 Å². The van der Waals surface area contributed by atoms with Crippen molar-refractivity contribution in [2.24, 2.45) is 11.8 Å². The molecule has 1 aromatic rings. The van der Waals surface area contributed by atoms with E-state index in [-0.39, 0.29) is 34.8 Å². The van der Waals surface area contributed by atoms with E-state index in [9.17, 15) is 14.7 Å². The van der Waals surface area contributed by atoms with Crippen molar-refractivity contribution in [3.05, 3.63) is 88.3 Å². The molecule has 1 fully saturated rings. The van der Waals surface area contributed by atoms with E-state index < -0.39 is 5.92 Å². The predicted octanol–water partition coefficient (Wildman–Crippen LogP) is 6.79. The number of rotatable bonds is 8. The summed E-state index contributed by atoms with van der Waals surface area (Å²) < 4.78 is 11.7. The summed E-state index contributed by atoms with van der Waals surface area (Å²) >= 11 is 0. The molecule has 4 aliphatic rings. The second-order valence-corrected chi connectivity index (χ2v) is 13.3. The summed E-state index contributed by atoms with van der Waals surface area (Å²) in [5, 5.41) is 13.9. The molecule has 7 nitrogen and oxygen atoms in total. The van der Waals surface area contributed by atoms with Gasteiger partial charge in [0.25, 0.3) is 0 Å². The number of aromatic hydroxyl groups is 1. The van der Waals surface area contributed by atoms with Crippen LogP contribution in [0.5, 0.6) is 5.75 Å². The lowest BCUT2D eigenvalue weighted by Gasteiger charge is -2.39. The van der Waals surface area contributed by atoms with E-state index in [1.165, 1.54) is 5.57 Å². The van der Waals surface area contributed by atoms with Crippen LogP contribution in [0.4, 0.5) is 0 Å². The molecule has 2 N–H and O–H groups in total. The number of likely N-dealkylation sites (tertiary alicyclic amines) is 1. The Balaban J connectivity index is 1.44. The lowest BCUT2D eigenvalue weighted by Crippen LogP contribution is -2.39. The third-order valence-electron chi connectivity index (χ3n) is 8.98. The first-order valence-electron chi connectivity index (χ1n) is 15.6. The Morgan fingerprint density at radius 1 is 1.23 bits per heavy atom. The molecule has 7 heteroatoms. The van der Waals surface area contributed by atoms with E-state index in [4.69, 9.17) is 9.47 Å². The number of Topliss-reactive ketones (excluding diaryl/α,β-unsaturated/α-hetero) is 2. The van der Waals surface area contributed by atoms with Gasteiger partial charge >= 0.3 is 0 Å². The highest BCUT2D eigenvalue weighted by atomic mass is 16.5.